The zero-order valence-electron chi connectivity index (χ0n) is 14.5. The largest absolute Gasteiger partial charge is 0.481 e. The summed E-state index contributed by atoms with van der Waals surface area (Å²) >= 11 is 0. The van der Waals surface area contributed by atoms with Crippen LogP contribution >= 0.6 is 0 Å². The quantitative estimate of drug-likeness (QED) is 0.876. The Bertz CT molecular complexity index is 629. The molecule has 144 valence electrons. The van der Waals surface area contributed by atoms with E-state index in [1.165, 1.54) is 18.2 Å². The summed E-state index contributed by atoms with van der Waals surface area (Å²) in [6.07, 6.45) is -1.28. The molecule has 26 heavy (non-hydrogen) atoms. The Morgan fingerprint density at radius 3 is 2.46 bits per heavy atom. The number of aliphatic carboxylic acids is 1. The first-order valence-corrected chi connectivity index (χ1v) is 9.10. The van der Waals surface area contributed by atoms with E-state index < -0.39 is 23.6 Å². The molecule has 1 aromatic carbocycles. The second-order valence-electron chi connectivity index (χ2n) is 7.06. The van der Waals surface area contributed by atoms with Gasteiger partial charge in [-0.15, -0.1) is 0 Å². The van der Waals surface area contributed by atoms with Gasteiger partial charge < -0.3 is 9.84 Å². The molecule has 1 aliphatic carbocycles. The molecule has 3 atom stereocenters. The Kier molecular flexibility index (Phi) is 5.87. The molecule has 7 heteroatoms. The minimum atomic E-state index is -4.56. The number of hydrogen-bond acceptors (Lipinski definition) is 3. The number of ether oxygens (including phenoxy) is 1. The molecule has 0 spiro atoms. The van der Waals surface area contributed by atoms with E-state index in [9.17, 15) is 23.1 Å². The molecule has 0 bridgehead atoms. The summed E-state index contributed by atoms with van der Waals surface area (Å²) in [5, 5.41) is 9.87. The number of morpholine rings is 1. The zero-order valence-corrected chi connectivity index (χ0v) is 14.5. The summed E-state index contributed by atoms with van der Waals surface area (Å²) in [6.45, 7) is 2.57. The van der Waals surface area contributed by atoms with Gasteiger partial charge in [0.25, 0.3) is 0 Å². The summed E-state index contributed by atoms with van der Waals surface area (Å²) in [4.78, 5) is 14.3. The number of carboxylic acid groups (broad SMARTS) is 1. The van der Waals surface area contributed by atoms with Crippen LogP contribution < -0.4 is 0 Å². The molecular weight excluding hydrogens is 347 g/mol. The predicted octanol–water partition coefficient (Wildman–Crippen LogP) is 3.76. The summed E-state index contributed by atoms with van der Waals surface area (Å²) in [6, 6.07) is 5.10. The van der Waals surface area contributed by atoms with Gasteiger partial charge in [0, 0.05) is 19.1 Å². The van der Waals surface area contributed by atoms with Gasteiger partial charge in [0.1, 0.15) is 0 Å². The van der Waals surface area contributed by atoms with Gasteiger partial charge in [0.05, 0.1) is 24.7 Å². The van der Waals surface area contributed by atoms with Crippen molar-refractivity contribution < 1.29 is 27.8 Å². The molecule has 0 amide bonds. The van der Waals surface area contributed by atoms with Gasteiger partial charge in [-0.05, 0) is 30.4 Å². The van der Waals surface area contributed by atoms with Crippen molar-refractivity contribution in [2.45, 2.75) is 43.8 Å². The van der Waals surface area contributed by atoms with Gasteiger partial charge in [-0.25, -0.2) is 0 Å². The molecule has 2 fully saturated rings. The van der Waals surface area contributed by atoms with E-state index in [0.29, 0.717) is 32.7 Å². The van der Waals surface area contributed by atoms with Crippen LogP contribution in [0.15, 0.2) is 24.3 Å². The van der Waals surface area contributed by atoms with Crippen molar-refractivity contribution in [3.63, 3.8) is 0 Å². The SMILES string of the molecule is O=C(O)[C@H](c1ccccc1C(F)(F)F)[C@H]1CCCCC1N1CCOCC1. The Hall–Kier alpha value is -1.60. The maximum Gasteiger partial charge on any atom is 0.416 e. The number of halogens is 3. The van der Waals surface area contributed by atoms with E-state index in [1.807, 2.05) is 0 Å². The molecular formula is C19H24F3NO3. The highest BCUT2D eigenvalue weighted by atomic mass is 19.4. The van der Waals surface area contributed by atoms with Gasteiger partial charge in [-0.2, -0.15) is 13.2 Å². The molecule has 1 aliphatic heterocycles. The summed E-state index contributed by atoms with van der Waals surface area (Å²) in [5.41, 5.74) is -0.948. The first-order chi connectivity index (χ1) is 12.4. The molecule has 1 N–H and O–H groups in total. The Balaban J connectivity index is 1.97. The second-order valence-corrected chi connectivity index (χ2v) is 7.06. The predicted molar refractivity (Wildman–Crippen MR) is 90.0 cm³/mol. The fourth-order valence-corrected chi connectivity index (χ4v) is 4.46. The van der Waals surface area contributed by atoms with Gasteiger partial charge in [0.2, 0.25) is 0 Å². The highest BCUT2D eigenvalue weighted by Crippen LogP contribution is 2.43. The molecule has 2 aliphatic rings. The first kappa shape index (κ1) is 19.2. The number of carbonyl (C=O) groups is 1. The van der Waals surface area contributed by atoms with Crippen molar-refractivity contribution >= 4 is 5.97 Å². The minimum Gasteiger partial charge on any atom is -0.481 e. The molecule has 1 saturated carbocycles. The van der Waals surface area contributed by atoms with E-state index in [1.54, 1.807) is 0 Å². The van der Waals surface area contributed by atoms with Crippen LogP contribution in [-0.2, 0) is 15.7 Å². The molecule has 1 heterocycles. The minimum absolute atomic E-state index is 0.0185. The Morgan fingerprint density at radius 1 is 1.15 bits per heavy atom. The van der Waals surface area contributed by atoms with Gasteiger partial charge in [-0.3, -0.25) is 9.69 Å². The van der Waals surface area contributed by atoms with Crippen molar-refractivity contribution in [2.24, 2.45) is 5.92 Å². The van der Waals surface area contributed by atoms with Crippen LogP contribution in [0.1, 0.15) is 42.7 Å². The third-order valence-corrected chi connectivity index (χ3v) is 5.59. The van der Waals surface area contributed by atoms with Gasteiger partial charge >= 0.3 is 12.1 Å². The Morgan fingerprint density at radius 2 is 1.81 bits per heavy atom. The highest BCUT2D eigenvalue weighted by Gasteiger charge is 2.44. The van der Waals surface area contributed by atoms with Gasteiger partial charge in [-0.1, -0.05) is 31.0 Å². The number of carboxylic acids is 1. The third-order valence-electron chi connectivity index (χ3n) is 5.59. The van der Waals surface area contributed by atoms with Gasteiger partial charge in [0.15, 0.2) is 0 Å². The van der Waals surface area contributed by atoms with Crippen molar-refractivity contribution in [2.75, 3.05) is 26.3 Å². The zero-order chi connectivity index (χ0) is 18.7. The lowest BCUT2D eigenvalue weighted by Gasteiger charge is -2.44. The maximum absolute atomic E-state index is 13.5. The molecule has 0 aromatic heterocycles. The van der Waals surface area contributed by atoms with Crippen LogP contribution in [0.2, 0.25) is 0 Å². The van der Waals surface area contributed by atoms with Crippen molar-refractivity contribution in [1.82, 2.24) is 4.90 Å². The van der Waals surface area contributed by atoms with Crippen LogP contribution in [0.5, 0.6) is 0 Å². The number of nitrogens with zero attached hydrogens (tertiary/aromatic N) is 1. The van der Waals surface area contributed by atoms with E-state index in [4.69, 9.17) is 4.74 Å². The second kappa shape index (κ2) is 7.96. The molecule has 1 saturated heterocycles. The van der Waals surface area contributed by atoms with Crippen molar-refractivity contribution in [3.8, 4) is 0 Å². The Labute approximate surface area is 150 Å². The average Bonchev–Trinajstić information content (AvgIpc) is 2.62. The number of alkyl halides is 3. The summed E-state index contributed by atoms with van der Waals surface area (Å²) < 4.78 is 45.8. The van der Waals surface area contributed by atoms with Crippen LogP contribution in [0.25, 0.3) is 0 Å². The maximum atomic E-state index is 13.5. The van der Waals surface area contributed by atoms with Crippen LogP contribution in [0, 0.1) is 5.92 Å². The lowest BCUT2D eigenvalue weighted by molar-refractivity contribution is -0.144. The number of rotatable bonds is 4. The van der Waals surface area contributed by atoms with Crippen LogP contribution in [0.3, 0.4) is 0 Å². The third kappa shape index (κ3) is 4.04. The summed E-state index contributed by atoms with van der Waals surface area (Å²) in [7, 11) is 0. The standard InChI is InChI=1S/C19H24F3NO3/c20-19(21,22)15-7-3-1-5-13(15)17(18(24)25)14-6-2-4-8-16(14)23-9-11-26-12-10-23/h1,3,5,7,14,16-17H,2,4,6,8-12H2,(H,24,25)/t14-,16?,17+/m0/s1. The smallest absolute Gasteiger partial charge is 0.416 e. The molecule has 3 rings (SSSR count). The van der Waals surface area contributed by atoms with E-state index >= 15 is 0 Å². The fraction of sp³-hybridized carbons (Fsp3) is 0.632. The van der Waals surface area contributed by atoms with Crippen molar-refractivity contribution in [1.29, 1.82) is 0 Å². The van der Waals surface area contributed by atoms with Crippen LogP contribution in [-0.4, -0.2) is 48.3 Å². The highest BCUT2D eigenvalue weighted by molar-refractivity contribution is 5.77. The lowest BCUT2D eigenvalue weighted by Crippen LogP contribution is -2.50. The fourth-order valence-electron chi connectivity index (χ4n) is 4.46. The summed E-state index contributed by atoms with van der Waals surface area (Å²) in [5.74, 6) is -2.66. The topological polar surface area (TPSA) is 49.8 Å². The molecule has 1 aromatic rings. The monoisotopic (exact) mass is 371 g/mol. The molecule has 4 nitrogen and oxygen atoms in total. The number of benzene rings is 1. The average molecular weight is 371 g/mol. The van der Waals surface area contributed by atoms with E-state index in [0.717, 1.165) is 25.3 Å². The van der Waals surface area contributed by atoms with Crippen LogP contribution in [0.4, 0.5) is 13.2 Å². The van der Waals surface area contributed by atoms with Crippen molar-refractivity contribution in [3.05, 3.63) is 35.4 Å². The normalized spacial score (nSPS) is 26.4. The number of hydrogen-bond donors (Lipinski definition) is 1. The van der Waals surface area contributed by atoms with E-state index in [-0.39, 0.29) is 17.5 Å². The molecule has 1 unspecified atom stereocenters. The van der Waals surface area contributed by atoms with E-state index in [2.05, 4.69) is 4.90 Å². The lowest BCUT2D eigenvalue weighted by atomic mass is 9.72. The first-order valence-electron chi connectivity index (χ1n) is 9.10. The molecule has 0 radical (unpaired) electrons.